The van der Waals surface area contributed by atoms with Gasteiger partial charge in [0.05, 0.1) is 6.10 Å². The van der Waals surface area contributed by atoms with E-state index in [1.807, 2.05) is 27.7 Å². The Morgan fingerprint density at radius 1 is 1.26 bits per heavy atom. The van der Waals surface area contributed by atoms with Gasteiger partial charge in [-0.25, -0.2) is 4.79 Å². The number of amides is 1. The van der Waals surface area contributed by atoms with Crippen molar-refractivity contribution in [1.82, 2.24) is 9.80 Å². The maximum atomic E-state index is 11.9. The summed E-state index contributed by atoms with van der Waals surface area (Å²) in [7, 11) is 0. The van der Waals surface area contributed by atoms with Crippen molar-refractivity contribution in [2.75, 3.05) is 32.7 Å². The van der Waals surface area contributed by atoms with Crippen molar-refractivity contribution in [3.8, 4) is 0 Å². The number of rotatable bonds is 4. The lowest BCUT2D eigenvalue weighted by Crippen LogP contribution is -2.50. The molecule has 1 aliphatic rings. The molecule has 0 aliphatic carbocycles. The fourth-order valence-electron chi connectivity index (χ4n) is 2.09. The van der Waals surface area contributed by atoms with E-state index >= 15 is 0 Å². The third-order valence-corrected chi connectivity index (χ3v) is 3.12. The quantitative estimate of drug-likeness (QED) is 0.846. The van der Waals surface area contributed by atoms with E-state index in [2.05, 4.69) is 4.90 Å². The molecular formula is C14H28N2O3. The zero-order valence-corrected chi connectivity index (χ0v) is 12.7. The lowest BCUT2D eigenvalue weighted by molar-refractivity contribution is 0.0142. The molecule has 0 bridgehead atoms. The number of hydrogen-bond acceptors (Lipinski definition) is 4. The number of aliphatic hydroxyl groups is 1. The average molecular weight is 272 g/mol. The summed E-state index contributed by atoms with van der Waals surface area (Å²) in [5.41, 5.74) is -0.425. The molecule has 1 saturated heterocycles. The van der Waals surface area contributed by atoms with Crippen LogP contribution < -0.4 is 0 Å². The van der Waals surface area contributed by atoms with Crippen LogP contribution in [0.25, 0.3) is 0 Å². The van der Waals surface area contributed by atoms with Gasteiger partial charge in [0.1, 0.15) is 5.60 Å². The van der Waals surface area contributed by atoms with Gasteiger partial charge in [-0.2, -0.15) is 0 Å². The van der Waals surface area contributed by atoms with Gasteiger partial charge in [-0.15, -0.1) is 0 Å². The van der Waals surface area contributed by atoms with Gasteiger partial charge >= 0.3 is 6.09 Å². The Morgan fingerprint density at radius 2 is 1.84 bits per heavy atom. The van der Waals surface area contributed by atoms with E-state index in [1.54, 1.807) is 4.90 Å². The van der Waals surface area contributed by atoms with E-state index in [1.165, 1.54) is 0 Å². The first-order chi connectivity index (χ1) is 8.78. The minimum atomic E-state index is -0.425. The molecule has 0 unspecified atom stereocenters. The first-order valence-electron chi connectivity index (χ1n) is 7.16. The Kier molecular flexibility index (Phi) is 6.07. The monoisotopic (exact) mass is 272 g/mol. The predicted molar refractivity (Wildman–Crippen MR) is 75.2 cm³/mol. The lowest BCUT2D eigenvalue weighted by atomic mass is 10.2. The Balaban J connectivity index is 2.23. The van der Waals surface area contributed by atoms with E-state index in [4.69, 9.17) is 4.74 Å². The third kappa shape index (κ3) is 6.78. The number of ether oxygens (including phenoxy) is 1. The molecule has 0 aromatic heterocycles. The normalized spacial score (nSPS) is 19.3. The highest BCUT2D eigenvalue weighted by Crippen LogP contribution is 2.12. The molecular weight excluding hydrogens is 244 g/mol. The van der Waals surface area contributed by atoms with Crippen LogP contribution in [0, 0.1) is 0 Å². The molecule has 1 N–H and O–H groups in total. The van der Waals surface area contributed by atoms with Crippen LogP contribution in [-0.4, -0.2) is 65.4 Å². The van der Waals surface area contributed by atoms with Gasteiger partial charge in [0.2, 0.25) is 0 Å². The maximum absolute atomic E-state index is 11.9. The number of aliphatic hydroxyl groups excluding tert-OH is 1. The van der Waals surface area contributed by atoms with Crippen molar-refractivity contribution in [1.29, 1.82) is 0 Å². The Bertz CT molecular complexity index is 279. The minimum Gasteiger partial charge on any atom is -0.444 e. The Labute approximate surface area is 116 Å². The van der Waals surface area contributed by atoms with Gasteiger partial charge < -0.3 is 14.7 Å². The van der Waals surface area contributed by atoms with Crippen LogP contribution in [0.3, 0.4) is 0 Å². The highest BCUT2D eigenvalue weighted by molar-refractivity contribution is 5.68. The summed E-state index contributed by atoms with van der Waals surface area (Å²) in [6.45, 7) is 11.7. The molecule has 1 rings (SSSR count). The molecule has 1 atom stereocenters. The second-order valence-corrected chi connectivity index (χ2v) is 6.30. The molecule has 1 heterocycles. The molecule has 0 saturated carbocycles. The second kappa shape index (κ2) is 7.10. The minimum absolute atomic E-state index is 0.212. The van der Waals surface area contributed by atoms with Crippen LogP contribution in [0.2, 0.25) is 0 Å². The zero-order chi connectivity index (χ0) is 14.5. The van der Waals surface area contributed by atoms with E-state index in [0.29, 0.717) is 0 Å². The fourth-order valence-corrected chi connectivity index (χ4v) is 2.09. The number of carbonyl (C=O) groups is 1. The van der Waals surface area contributed by atoms with Crippen molar-refractivity contribution >= 4 is 6.09 Å². The zero-order valence-electron chi connectivity index (χ0n) is 12.7. The van der Waals surface area contributed by atoms with Crippen molar-refractivity contribution in [2.24, 2.45) is 0 Å². The second-order valence-electron chi connectivity index (χ2n) is 6.30. The number of carbonyl (C=O) groups excluding carboxylic acids is 1. The molecule has 0 spiro atoms. The van der Waals surface area contributed by atoms with Crippen LogP contribution in [-0.2, 0) is 4.74 Å². The predicted octanol–water partition coefficient (Wildman–Crippen LogP) is 1.70. The van der Waals surface area contributed by atoms with E-state index in [0.717, 1.165) is 45.6 Å². The maximum Gasteiger partial charge on any atom is 0.410 e. The van der Waals surface area contributed by atoms with Crippen molar-refractivity contribution < 1.29 is 14.6 Å². The summed E-state index contributed by atoms with van der Waals surface area (Å²) in [6.07, 6.45) is 1.41. The van der Waals surface area contributed by atoms with E-state index in [9.17, 15) is 9.90 Å². The van der Waals surface area contributed by atoms with Gasteiger partial charge in [0, 0.05) is 26.2 Å². The largest absolute Gasteiger partial charge is 0.444 e. The Hall–Kier alpha value is -0.810. The fraction of sp³-hybridized carbons (Fsp3) is 0.929. The molecule has 0 radical (unpaired) electrons. The van der Waals surface area contributed by atoms with E-state index < -0.39 is 5.60 Å². The molecule has 1 amide bonds. The molecule has 0 aromatic rings. The van der Waals surface area contributed by atoms with E-state index in [-0.39, 0.29) is 12.2 Å². The molecule has 5 nitrogen and oxygen atoms in total. The SMILES string of the molecule is C[C@H](O)CCCN1CCN(C(=O)OC(C)(C)C)CC1. The first kappa shape index (κ1) is 16.2. The molecule has 0 aromatic carbocycles. The summed E-state index contributed by atoms with van der Waals surface area (Å²) >= 11 is 0. The first-order valence-corrected chi connectivity index (χ1v) is 7.16. The number of piperazine rings is 1. The van der Waals surface area contributed by atoms with Crippen LogP contribution in [0.1, 0.15) is 40.5 Å². The van der Waals surface area contributed by atoms with Crippen LogP contribution >= 0.6 is 0 Å². The van der Waals surface area contributed by atoms with Gasteiger partial charge in [0.25, 0.3) is 0 Å². The summed E-state index contributed by atoms with van der Waals surface area (Å²) < 4.78 is 5.36. The summed E-state index contributed by atoms with van der Waals surface area (Å²) in [6, 6.07) is 0. The molecule has 1 aliphatic heterocycles. The van der Waals surface area contributed by atoms with Crippen molar-refractivity contribution in [3.05, 3.63) is 0 Å². The summed E-state index contributed by atoms with van der Waals surface area (Å²) in [5.74, 6) is 0. The highest BCUT2D eigenvalue weighted by atomic mass is 16.6. The average Bonchev–Trinajstić information content (AvgIpc) is 2.27. The molecule has 19 heavy (non-hydrogen) atoms. The number of hydrogen-bond donors (Lipinski definition) is 1. The smallest absolute Gasteiger partial charge is 0.410 e. The van der Waals surface area contributed by atoms with Gasteiger partial charge in [-0.3, -0.25) is 4.90 Å². The number of nitrogens with zero attached hydrogens (tertiary/aromatic N) is 2. The Morgan fingerprint density at radius 3 is 2.32 bits per heavy atom. The highest BCUT2D eigenvalue weighted by Gasteiger charge is 2.25. The van der Waals surface area contributed by atoms with Gasteiger partial charge in [-0.1, -0.05) is 0 Å². The topological polar surface area (TPSA) is 53.0 Å². The van der Waals surface area contributed by atoms with Crippen molar-refractivity contribution in [2.45, 2.75) is 52.2 Å². The van der Waals surface area contributed by atoms with Crippen LogP contribution in [0.15, 0.2) is 0 Å². The molecule has 112 valence electrons. The molecule has 5 heteroatoms. The standard InChI is InChI=1S/C14H28N2O3/c1-12(17)6-5-7-15-8-10-16(11-9-15)13(18)19-14(2,3)4/h12,17H,5-11H2,1-4H3/t12-/m0/s1. The van der Waals surface area contributed by atoms with Crippen LogP contribution in [0.5, 0.6) is 0 Å². The summed E-state index contributed by atoms with van der Waals surface area (Å²) in [4.78, 5) is 16.0. The van der Waals surface area contributed by atoms with Crippen LogP contribution in [0.4, 0.5) is 4.79 Å². The summed E-state index contributed by atoms with van der Waals surface area (Å²) in [5, 5.41) is 9.22. The molecule has 1 fully saturated rings. The third-order valence-electron chi connectivity index (χ3n) is 3.12. The van der Waals surface area contributed by atoms with Gasteiger partial charge in [0.15, 0.2) is 0 Å². The van der Waals surface area contributed by atoms with Crippen molar-refractivity contribution in [3.63, 3.8) is 0 Å². The lowest BCUT2D eigenvalue weighted by Gasteiger charge is -2.35. The van der Waals surface area contributed by atoms with Gasteiger partial charge in [-0.05, 0) is 47.1 Å².